The molecule has 0 radical (unpaired) electrons. The van der Waals surface area contributed by atoms with Crippen LogP contribution < -0.4 is 5.32 Å². The lowest BCUT2D eigenvalue weighted by molar-refractivity contribution is 0.109. The Hall–Kier alpha value is -1.13. The fourth-order valence-corrected chi connectivity index (χ4v) is 2.19. The summed E-state index contributed by atoms with van der Waals surface area (Å²) in [5.74, 6) is 0.824. The molecule has 1 aromatic heterocycles. The van der Waals surface area contributed by atoms with Gasteiger partial charge in [0.25, 0.3) is 0 Å². The van der Waals surface area contributed by atoms with Gasteiger partial charge in [-0.2, -0.15) is 0 Å². The van der Waals surface area contributed by atoms with Gasteiger partial charge in [0.05, 0.1) is 6.10 Å². The fraction of sp³-hybridized carbons (Fsp3) is 0.615. The third-order valence-electron chi connectivity index (χ3n) is 3.10. The van der Waals surface area contributed by atoms with Crippen LogP contribution in [0.25, 0.3) is 0 Å². The zero-order valence-electron chi connectivity index (χ0n) is 10.2. The lowest BCUT2D eigenvalue weighted by Crippen LogP contribution is -2.39. The molecule has 0 saturated carbocycles. The van der Waals surface area contributed by atoms with E-state index in [2.05, 4.69) is 15.2 Å². The lowest BCUT2D eigenvalue weighted by Gasteiger charge is -2.28. The van der Waals surface area contributed by atoms with E-state index in [1.54, 1.807) is 6.20 Å². The van der Waals surface area contributed by atoms with Crippen LogP contribution in [0.5, 0.6) is 0 Å². The standard InChI is InChI=1S/C13H21N3O/c17-12(11-16-8-4-1-5-9-16)10-15-13-6-2-3-7-14-13/h2-3,6-7,12,17H,1,4-5,8-11H2,(H,14,15). The van der Waals surface area contributed by atoms with Gasteiger partial charge in [0.2, 0.25) is 0 Å². The molecule has 1 atom stereocenters. The third-order valence-corrected chi connectivity index (χ3v) is 3.10. The maximum absolute atomic E-state index is 9.93. The van der Waals surface area contributed by atoms with E-state index < -0.39 is 0 Å². The molecule has 0 spiro atoms. The maximum atomic E-state index is 9.93. The summed E-state index contributed by atoms with van der Waals surface area (Å²) in [5.41, 5.74) is 0. The number of hydrogen-bond donors (Lipinski definition) is 2. The summed E-state index contributed by atoms with van der Waals surface area (Å²) in [6.07, 6.45) is 5.29. The molecule has 17 heavy (non-hydrogen) atoms. The van der Waals surface area contributed by atoms with Gasteiger partial charge in [0, 0.05) is 19.3 Å². The minimum absolute atomic E-state index is 0.324. The summed E-state index contributed by atoms with van der Waals surface area (Å²) < 4.78 is 0. The van der Waals surface area contributed by atoms with Crippen molar-refractivity contribution in [2.75, 3.05) is 31.5 Å². The van der Waals surface area contributed by atoms with Gasteiger partial charge < -0.3 is 15.3 Å². The van der Waals surface area contributed by atoms with E-state index in [9.17, 15) is 5.11 Å². The van der Waals surface area contributed by atoms with Crippen molar-refractivity contribution in [2.45, 2.75) is 25.4 Å². The second-order valence-electron chi connectivity index (χ2n) is 4.61. The van der Waals surface area contributed by atoms with Gasteiger partial charge in [-0.15, -0.1) is 0 Å². The Balaban J connectivity index is 1.68. The van der Waals surface area contributed by atoms with Gasteiger partial charge in [-0.3, -0.25) is 0 Å². The van der Waals surface area contributed by atoms with Crippen LogP contribution in [0.4, 0.5) is 5.82 Å². The van der Waals surface area contributed by atoms with Crippen molar-refractivity contribution in [1.82, 2.24) is 9.88 Å². The summed E-state index contributed by atoms with van der Waals surface area (Å²) in [4.78, 5) is 6.50. The number of piperidine rings is 1. The zero-order valence-corrected chi connectivity index (χ0v) is 10.2. The maximum Gasteiger partial charge on any atom is 0.125 e. The molecule has 1 saturated heterocycles. The summed E-state index contributed by atoms with van der Waals surface area (Å²) in [7, 11) is 0. The number of nitrogens with one attached hydrogen (secondary N) is 1. The number of β-amino-alcohol motifs (C(OH)–C–C–N with tert-alkyl or cyclic N) is 1. The number of nitrogens with zero attached hydrogens (tertiary/aromatic N) is 2. The molecular weight excluding hydrogens is 214 g/mol. The molecule has 0 aromatic carbocycles. The summed E-state index contributed by atoms with van der Waals surface area (Å²) in [6, 6.07) is 5.73. The van der Waals surface area contributed by atoms with Crippen LogP contribution in [-0.2, 0) is 0 Å². The van der Waals surface area contributed by atoms with Crippen molar-refractivity contribution in [2.24, 2.45) is 0 Å². The minimum Gasteiger partial charge on any atom is -0.390 e. The number of hydrogen-bond acceptors (Lipinski definition) is 4. The Morgan fingerprint density at radius 3 is 2.82 bits per heavy atom. The van der Waals surface area contributed by atoms with E-state index in [4.69, 9.17) is 0 Å². The number of anilines is 1. The van der Waals surface area contributed by atoms with Gasteiger partial charge in [0.1, 0.15) is 5.82 Å². The summed E-state index contributed by atoms with van der Waals surface area (Å²) in [6.45, 7) is 3.58. The predicted octanol–water partition coefficient (Wildman–Crippen LogP) is 1.34. The second kappa shape index (κ2) is 6.57. The van der Waals surface area contributed by atoms with E-state index in [1.807, 2.05) is 18.2 Å². The molecule has 0 aliphatic carbocycles. The number of aliphatic hydroxyl groups excluding tert-OH is 1. The van der Waals surface area contributed by atoms with E-state index >= 15 is 0 Å². The molecule has 1 fully saturated rings. The lowest BCUT2D eigenvalue weighted by atomic mass is 10.1. The average molecular weight is 235 g/mol. The van der Waals surface area contributed by atoms with E-state index in [0.717, 1.165) is 25.5 Å². The molecule has 1 aliphatic rings. The molecule has 4 nitrogen and oxygen atoms in total. The number of aromatic nitrogens is 1. The Labute approximate surface area is 103 Å². The van der Waals surface area contributed by atoms with Gasteiger partial charge >= 0.3 is 0 Å². The molecule has 4 heteroatoms. The van der Waals surface area contributed by atoms with Crippen LogP contribution in [0.3, 0.4) is 0 Å². The molecular formula is C13H21N3O. The van der Waals surface area contributed by atoms with Crippen molar-refractivity contribution in [3.8, 4) is 0 Å². The number of rotatable bonds is 5. The summed E-state index contributed by atoms with van der Waals surface area (Å²) in [5, 5.41) is 13.1. The monoisotopic (exact) mass is 235 g/mol. The predicted molar refractivity (Wildman–Crippen MR) is 69.0 cm³/mol. The second-order valence-corrected chi connectivity index (χ2v) is 4.61. The van der Waals surface area contributed by atoms with E-state index in [-0.39, 0.29) is 6.10 Å². The molecule has 0 amide bonds. The fourth-order valence-electron chi connectivity index (χ4n) is 2.19. The normalized spacial score (nSPS) is 18.9. The average Bonchev–Trinajstić information content (AvgIpc) is 2.39. The Morgan fingerprint density at radius 1 is 1.29 bits per heavy atom. The van der Waals surface area contributed by atoms with Gasteiger partial charge in [-0.1, -0.05) is 12.5 Å². The molecule has 1 unspecified atom stereocenters. The number of pyridine rings is 1. The molecule has 94 valence electrons. The molecule has 0 bridgehead atoms. The van der Waals surface area contributed by atoms with E-state index in [0.29, 0.717) is 6.54 Å². The van der Waals surface area contributed by atoms with E-state index in [1.165, 1.54) is 19.3 Å². The van der Waals surface area contributed by atoms with Crippen LogP contribution in [0, 0.1) is 0 Å². The third kappa shape index (κ3) is 4.32. The first kappa shape index (κ1) is 12.3. The van der Waals surface area contributed by atoms with Crippen molar-refractivity contribution < 1.29 is 5.11 Å². The highest BCUT2D eigenvalue weighted by Crippen LogP contribution is 2.09. The van der Waals surface area contributed by atoms with Gasteiger partial charge in [0.15, 0.2) is 0 Å². The van der Waals surface area contributed by atoms with Crippen LogP contribution in [0.15, 0.2) is 24.4 Å². The summed E-state index contributed by atoms with van der Waals surface area (Å²) >= 11 is 0. The number of likely N-dealkylation sites (tertiary alicyclic amines) is 1. The SMILES string of the molecule is OC(CNc1ccccn1)CN1CCCCC1. The highest BCUT2D eigenvalue weighted by Gasteiger charge is 2.14. The van der Waals surface area contributed by atoms with Gasteiger partial charge in [-0.25, -0.2) is 4.98 Å². The molecule has 2 rings (SSSR count). The quantitative estimate of drug-likeness (QED) is 0.808. The van der Waals surface area contributed by atoms with Crippen LogP contribution in [0.1, 0.15) is 19.3 Å². The first-order valence-electron chi connectivity index (χ1n) is 6.40. The molecule has 1 aliphatic heterocycles. The number of aliphatic hydroxyl groups is 1. The Bertz CT molecular complexity index is 312. The first-order valence-corrected chi connectivity index (χ1v) is 6.40. The highest BCUT2D eigenvalue weighted by molar-refractivity contribution is 5.33. The first-order chi connectivity index (χ1) is 8.34. The van der Waals surface area contributed by atoms with Crippen LogP contribution >= 0.6 is 0 Å². The van der Waals surface area contributed by atoms with Crippen molar-refractivity contribution in [3.63, 3.8) is 0 Å². The highest BCUT2D eigenvalue weighted by atomic mass is 16.3. The van der Waals surface area contributed by atoms with Crippen LogP contribution in [-0.4, -0.2) is 47.3 Å². The minimum atomic E-state index is -0.324. The zero-order chi connectivity index (χ0) is 11.9. The Kier molecular flexibility index (Phi) is 4.76. The largest absolute Gasteiger partial charge is 0.390 e. The molecule has 1 aromatic rings. The van der Waals surface area contributed by atoms with Crippen LogP contribution in [0.2, 0.25) is 0 Å². The van der Waals surface area contributed by atoms with Crippen molar-refractivity contribution >= 4 is 5.82 Å². The molecule has 2 N–H and O–H groups in total. The topological polar surface area (TPSA) is 48.4 Å². The van der Waals surface area contributed by atoms with Gasteiger partial charge in [-0.05, 0) is 38.1 Å². The van der Waals surface area contributed by atoms with Crippen molar-refractivity contribution in [1.29, 1.82) is 0 Å². The molecule has 2 heterocycles. The smallest absolute Gasteiger partial charge is 0.125 e. The Morgan fingerprint density at radius 2 is 2.12 bits per heavy atom. The van der Waals surface area contributed by atoms with Crippen molar-refractivity contribution in [3.05, 3.63) is 24.4 Å².